The number of hydrogen-bond donors (Lipinski definition) is 1. The first-order valence-corrected chi connectivity index (χ1v) is 6.89. The van der Waals surface area contributed by atoms with Gasteiger partial charge in [-0.1, -0.05) is 23.4 Å². The molecule has 1 amide bonds. The highest BCUT2D eigenvalue weighted by Crippen LogP contribution is 2.11. The van der Waals surface area contributed by atoms with Crippen LogP contribution in [0.1, 0.15) is 22.5 Å². The molecule has 2 aromatic rings. The summed E-state index contributed by atoms with van der Waals surface area (Å²) >= 11 is 0. The fraction of sp³-hybridized carbons (Fsp3) is 0.312. The highest BCUT2D eigenvalue weighted by Gasteiger charge is 2.11. The van der Waals surface area contributed by atoms with Gasteiger partial charge >= 0.3 is 5.97 Å². The number of benzene rings is 1. The molecule has 0 aliphatic rings. The molecule has 0 atom stereocenters. The lowest BCUT2D eigenvalue weighted by Gasteiger charge is -2.06. The maximum Gasteiger partial charge on any atom is 0.310 e. The van der Waals surface area contributed by atoms with E-state index in [1.54, 1.807) is 13.0 Å². The third kappa shape index (κ3) is 4.44. The number of aryl methyl sites for hydroxylation is 3. The molecule has 6 nitrogen and oxygen atoms in total. The molecule has 1 heterocycles. The number of amides is 1. The molecule has 1 N–H and O–H groups in total. The Balaban J connectivity index is 1.79. The maximum atomic E-state index is 11.7. The SMILES string of the molecule is Cc1cc(NC(=O)COC(=O)Cc2ccc(C)c(C)c2)no1. The second kappa shape index (κ2) is 6.89. The van der Waals surface area contributed by atoms with Crippen LogP contribution < -0.4 is 5.32 Å². The Morgan fingerprint density at radius 2 is 1.95 bits per heavy atom. The average Bonchev–Trinajstić information content (AvgIpc) is 2.86. The minimum atomic E-state index is -0.457. The zero-order valence-corrected chi connectivity index (χ0v) is 12.8. The summed E-state index contributed by atoms with van der Waals surface area (Å²) < 4.78 is 9.77. The predicted molar refractivity (Wildman–Crippen MR) is 80.4 cm³/mol. The van der Waals surface area contributed by atoms with Crippen LogP contribution in [0, 0.1) is 20.8 Å². The van der Waals surface area contributed by atoms with Crippen LogP contribution in [-0.2, 0) is 20.7 Å². The summed E-state index contributed by atoms with van der Waals surface area (Å²) in [5, 5.41) is 6.10. The summed E-state index contributed by atoms with van der Waals surface area (Å²) in [5.74, 6) is -0.0220. The van der Waals surface area contributed by atoms with E-state index in [1.165, 1.54) is 5.56 Å². The van der Waals surface area contributed by atoms with Crippen molar-refractivity contribution < 1.29 is 18.8 Å². The normalized spacial score (nSPS) is 10.3. The third-order valence-corrected chi connectivity index (χ3v) is 3.18. The smallest absolute Gasteiger partial charge is 0.310 e. The Bertz CT molecular complexity index is 691. The fourth-order valence-corrected chi connectivity index (χ4v) is 1.88. The summed E-state index contributed by atoms with van der Waals surface area (Å²) in [6.45, 7) is 5.35. The van der Waals surface area contributed by atoms with Crippen LogP contribution >= 0.6 is 0 Å². The lowest BCUT2D eigenvalue weighted by Crippen LogP contribution is -2.21. The third-order valence-electron chi connectivity index (χ3n) is 3.18. The van der Waals surface area contributed by atoms with Gasteiger partial charge in [0.15, 0.2) is 12.4 Å². The van der Waals surface area contributed by atoms with Gasteiger partial charge < -0.3 is 14.6 Å². The molecule has 0 aliphatic carbocycles. The van der Waals surface area contributed by atoms with E-state index in [-0.39, 0.29) is 13.0 Å². The number of nitrogens with zero attached hydrogens (tertiary/aromatic N) is 1. The van der Waals surface area contributed by atoms with Crippen LogP contribution in [0.25, 0.3) is 0 Å². The monoisotopic (exact) mass is 302 g/mol. The lowest BCUT2D eigenvalue weighted by molar-refractivity contribution is -0.146. The first kappa shape index (κ1) is 15.8. The molecule has 22 heavy (non-hydrogen) atoms. The molecular formula is C16H18N2O4. The van der Waals surface area contributed by atoms with Crippen LogP contribution in [0.5, 0.6) is 0 Å². The van der Waals surface area contributed by atoms with E-state index in [4.69, 9.17) is 9.26 Å². The summed E-state index contributed by atoms with van der Waals surface area (Å²) in [6.07, 6.45) is 0.136. The van der Waals surface area contributed by atoms with Crippen molar-refractivity contribution >= 4 is 17.7 Å². The van der Waals surface area contributed by atoms with Gasteiger partial charge in [-0.3, -0.25) is 9.59 Å². The maximum absolute atomic E-state index is 11.7. The van der Waals surface area contributed by atoms with Crippen LogP contribution in [-0.4, -0.2) is 23.6 Å². The number of carbonyl (C=O) groups is 2. The summed E-state index contributed by atoms with van der Waals surface area (Å²) in [6, 6.07) is 7.35. The van der Waals surface area contributed by atoms with E-state index >= 15 is 0 Å². The Kier molecular flexibility index (Phi) is 4.93. The molecule has 1 aromatic carbocycles. The number of ether oxygens (including phenoxy) is 1. The van der Waals surface area contributed by atoms with Crippen molar-refractivity contribution in [3.8, 4) is 0 Å². The highest BCUT2D eigenvalue weighted by atomic mass is 16.5. The van der Waals surface area contributed by atoms with Gasteiger partial charge in [0.1, 0.15) is 5.76 Å². The fourth-order valence-electron chi connectivity index (χ4n) is 1.88. The van der Waals surface area contributed by atoms with Gasteiger partial charge in [-0.2, -0.15) is 0 Å². The quantitative estimate of drug-likeness (QED) is 0.857. The van der Waals surface area contributed by atoms with Crippen LogP contribution in [0.15, 0.2) is 28.8 Å². The number of esters is 1. The molecule has 0 saturated heterocycles. The number of nitrogens with one attached hydrogen (secondary N) is 1. The Morgan fingerprint density at radius 3 is 2.59 bits per heavy atom. The van der Waals surface area contributed by atoms with E-state index < -0.39 is 11.9 Å². The molecule has 0 aliphatic heterocycles. The van der Waals surface area contributed by atoms with Gasteiger partial charge in [-0.25, -0.2) is 0 Å². The molecular weight excluding hydrogens is 284 g/mol. The second-order valence-electron chi connectivity index (χ2n) is 5.13. The molecule has 0 saturated carbocycles. The van der Waals surface area contributed by atoms with E-state index in [9.17, 15) is 9.59 Å². The Morgan fingerprint density at radius 1 is 1.18 bits per heavy atom. The van der Waals surface area contributed by atoms with Crippen molar-refractivity contribution in [2.45, 2.75) is 27.2 Å². The highest BCUT2D eigenvalue weighted by molar-refractivity contribution is 5.92. The molecule has 0 fully saturated rings. The van der Waals surface area contributed by atoms with Gasteiger partial charge in [-0.15, -0.1) is 0 Å². The zero-order chi connectivity index (χ0) is 16.1. The zero-order valence-electron chi connectivity index (χ0n) is 12.8. The average molecular weight is 302 g/mol. The van der Waals surface area contributed by atoms with Crippen molar-refractivity contribution in [2.75, 3.05) is 11.9 Å². The number of anilines is 1. The summed E-state index contributed by atoms with van der Waals surface area (Å²) in [5.41, 5.74) is 3.14. The molecule has 2 rings (SSSR count). The van der Waals surface area contributed by atoms with Crippen LogP contribution in [0.2, 0.25) is 0 Å². The van der Waals surface area contributed by atoms with Gasteiger partial charge in [0.25, 0.3) is 5.91 Å². The topological polar surface area (TPSA) is 81.4 Å². The number of aromatic nitrogens is 1. The molecule has 116 valence electrons. The number of carbonyl (C=O) groups excluding carboxylic acids is 2. The molecule has 0 bridgehead atoms. The number of rotatable bonds is 5. The van der Waals surface area contributed by atoms with Crippen molar-refractivity contribution in [3.05, 3.63) is 46.7 Å². The number of hydrogen-bond acceptors (Lipinski definition) is 5. The first-order chi connectivity index (χ1) is 10.4. The minimum absolute atomic E-state index is 0.136. The summed E-state index contributed by atoms with van der Waals surface area (Å²) in [7, 11) is 0. The molecule has 0 unspecified atom stereocenters. The van der Waals surface area contributed by atoms with E-state index in [1.807, 2.05) is 32.0 Å². The summed E-state index contributed by atoms with van der Waals surface area (Å²) in [4.78, 5) is 23.3. The van der Waals surface area contributed by atoms with E-state index in [0.29, 0.717) is 11.6 Å². The largest absolute Gasteiger partial charge is 0.455 e. The minimum Gasteiger partial charge on any atom is -0.455 e. The van der Waals surface area contributed by atoms with E-state index in [2.05, 4.69) is 10.5 Å². The first-order valence-electron chi connectivity index (χ1n) is 6.89. The molecule has 1 aromatic heterocycles. The van der Waals surface area contributed by atoms with Gasteiger partial charge in [0.2, 0.25) is 0 Å². The van der Waals surface area contributed by atoms with Crippen molar-refractivity contribution in [1.29, 1.82) is 0 Å². The Labute approximate surface area is 128 Å². The van der Waals surface area contributed by atoms with Crippen LogP contribution in [0.4, 0.5) is 5.82 Å². The van der Waals surface area contributed by atoms with Crippen molar-refractivity contribution in [1.82, 2.24) is 5.16 Å². The molecule has 6 heteroatoms. The Hall–Kier alpha value is -2.63. The van der Waals surface area contributed by atoms with E-state index in [0.717, 1.165) is 11.1 Å². The van der Waals surface area contributed by atoms with Gasteiger partial charge in [0, 0.05) is 6.07 Å². The van der Waals surface area contributed by atoms with Gasteiger partial charge in [0.05, 0.1) is 6.42 Å². The second-order valence-corrected chi connectivity index (χ2v) is 5.13. The van der Waals surface area contributed by atoms with Gasteiger partial charge in [-0.05, 0) is 37.5 Å². The van der Waals surface area contributed by atoms with Crippen LogP contribution in [0.3, 0.4) is 0 Å². The molecule has 0 radical (unpaired) electrons. The lowest BCUT2D eigenvalue weighted by atomic mass is 10.0. The standard InChI is InChI=1S/C16H18N2O4/c1-10-4-5-13(6-11(10)2)8-16(20)21-9-15(19)17-14-7-12(3)22-18-14/h4-7H,8-9H2,1-3H3,(H,17,18,19). The van der Waals surface area contributed by atoms with Crippen molar-refractivity contribution in [2.24, 2.45) is 0 Å². The van der Waals surface area contributed by atoms with Crippen molar-refractivity contribution in [3.63, 3.8) is 0 Å². The predicted octanol–water partition coefficient (Wildman–Crippen LogP) is 2.32. The molecule has 0 spiro atoms.